The summed E-state index contributed by atoms with van der Waals surface area (Å²) in [5, 5.41) is 4.15. The lowest BCUT2D eigenvalue weighted by atomic mass is 10.0. The van der Waals surface area contributed by atoms with Gasteiger partial charge in [0.25, 0.3) is 0 Å². The van der Waals surface area contributed by atoms with Crippen LogP contribution in [0, 0.1) is 0 Å². The molecule has 4 aromatic rings. The van der Waals surface area contributed by atoms with Gasteiger partial charge in [-0.05, 0) is 17.7 Å². The maximum absolute atomic E-state index is 13.0. The molecule has 1 atom stereocenters. The van der Waals surface area contributed by atoms with Gasteiger partial charge in [-0.2, -0.15) is 0 Å². The van der Waals surface area contributed by atoms with E-state index in [-0.39, 0.29) is 12.3 Å². The topological polar surface area (TPSA) is 69.0 Å². The van der Waals surface area contributed by atoms with Crippen molar-refractivity contribution in [2.24, 2.45) is 7.05 Å². The summed E-state index contributed by atoms with van der Waals surface area (Å²) in [5.41, 5.74) is 2.59. The van der Waals surface area contributed by atoms with Crippen molar-refractivity contribution in [2.75, 3.05) is 7.11 Å². The molecule has 1 unspecified atom stereocenters. The number of amides is 1. The van der Waals surface area contributed by atoms with Gasteiger partial charge < -0.3 is 14.6 Å². The Bertz CT molecular complexity index is 1150. The van der Waals surface area contributed by atoms with Crippen LogP contribution < -0.4 is 10.1 Å². The number of fused-ring (bicyclic) bond motifs is 1. The van der Waals surface area contributed by atoms with Crippen molar-refractivity contribution in [1.29, 1.82) is 0 Å². The quantitative estimate of drug-likeness (QED) is 0.551. The van der Waals surface area contributed by atoms with Crippen LogP contribution in [0.15, 0.2) is 73.2 Å². The highest BCUT2D eigenvalue weighted by molar-refractivity contribution is 5.87. The lowest BCUT2D eigenvalue weighted by Crippen LogP contribution is -2.32. The minimum absolute atomic E-state index is 0.109. The van der Waals surface area contributed by atoms with Crippen LogP contribution in [0.2, 0.25) is 0 Å². The van der Waals surface area contributed by atoms with E-state index in [1.807, 2.05) is 72.4 Å². The van der Waals surface area contributed by atoms with Gasteiger partial charge in [0, 0.05) is 36.6 Å². The van der Waals surface area contributed by atoms with Crippen molar-refractivity contribution in [2.45, 2.75) is 12.5 Å². The van der Waals surface area contributed by atoms with Gasteiger partial charge in [-0.15, -0.1) is 0 Å². The van der Waals surface area contributed by atoms with Gasteiger partial charge in [0.15, 0.2) is 0 Å². The summed E-state index contributed by atoms with van der Waals surface area (Å²) >= 11 is 0. The zero-order chi connectivity index (χ0) is 20.2. The molecule has 0 aliphatic heterocycles. The van der Waals surface area contributed by atoms with Crippen LogP contribution in [0.5, 0.6) is 5.75 Å². The predicted molar refractivity (Wildman–Crippen MR) is 112 cm³/mol. The molecule has 0 fully saturated rings. The second-order valence-corrected chi connectivity index (χ2v) is 6.81. The van der Waals surface area contributed by atoms with Crippen LogP contribution in [0.25, 0.3) is 10.9 Å². The highest BCUT2D eigenvalue weighted by Crippen LogP contribution is 2.29. The molecule has 0 spiro atoms. The number of rotatable bonds is 6. The molecule has 0 saturated heterocycles. The number of aryl methyl sites for hydroxylation is 1. The lowest BCUT2D eigenvalue weighted by molar-refractivity contribution is -0.121. The summed E-state index contributed by atoms with van der Waals surface area (Å²) in [6.45, 7) is 0. The van der Waals surface area contributed by atoms with Gasteiger partial charge in [-0.25, -0.2) is 4.98 Å². The Morgan fingerprint density at radius 2 is 1.90 bits per heavy atom. The van der Waals surface area contributed by atoms with E-state index in [0.717, 1.165) is 27.9 Å². The first kappa shape index (κ1) is 18.7. The molecule has 6 heteroatoms. The molecule has 0 aliphatic carbocycles. The van der Waals surface area contributed by atoms with E-state index in [2.05, 4.69) is 15.3 Å². The van der Waals surface area contributed by atoms with E-state index in [4.69, 9.17) is 4.74 Å². The molecule has 0 radical (unpaired) electrons. The summed E-state index contributed by atoms with van der Waals surface area (Å²) < 4.78 is 7.42. The first-order chi connectivity index (χ1) is 14.2. The minimum atomic E-state index is -0.429. The highest BCUT2D eigenvalue weighted by Gasteiger charge is 2.24. The van der Waals surface area contributed by atoms with Crippen molar-refractivity contribution in [3.05, 3.63) is 90.1 Å². The molecule has 0 saturated carbocycles. The van der Waals surface area contributed by atoms with E-state index in [0.29, 0.717) is 5.75 Å². The molecule has 2 heterocycles. The van der Waals surface area contributed by atoms with Gasteiger partial charge in [0.2, 0.25) is 5.91 Å². The number of para-hydroxylation sites is 2. The molecule has 2 aromatic heterocycles. The average Bonchev–Trinajstić information content (AvgIpc) is 3.18. The Morgan fingerprint density at radius 3 is 2.69 bits per heavy atom. The largest absolute Gasteiger partial charge is 0.496 e. The molecule has 146 valence electrons. The Kier molecular flexibility index (Phi) is 5.24. The Hall–Kier alpha value is -3.67. The fourth-order valence-corrected chi connectivity index (χ4v) is 3.54. The van der Waals surface area contributed by atoms with E-state index in [1.165, 1.54) is 0 Å². The van der Waals surface area contributed by atoms with Crippen LogP contribution >= 0.6 is 0 Å². The number of nitrogens with zero attached hydrogens (tertiary/aromatic N) is 3. The molecule has 2 aromatic carbocycles. The Balaban J connectivity index is 1.66. The van der Waals surface area contributed by atoms with E-state index >= 15 is 0 Å². The molecule has 0 bridgehead atoms. The zero-order valence-electron chi connectivity index (χ0n) is 16.4. The molecular weight excluding hydrogens is 364 g/mol. The summed E-state index contributed by atoms with van der Waals surface area (Å²) in [6, 6.07) is 17.0. The predicted octanol–water partition coefficient (Wildman–Crippen LogP) is 3.43. The van der Waals surface area contributed by atoms with E-state index in [1.54, 1.807) is 19.5 Å². The molecule has 1 amide bonds. The van der Waals surface area contributed by atoms with Crippen molar-refractivity contribution in [3.63, 3.8) is 0 Å². The smallest absolute Gasteiger partial charge is 0.225 e. The number of methoxy groups -OCH3 is 1. The zero-order valence-corrected chi connectivity index (χ0v) is 16.4. The second-order valence-electron chi connectivity index (χ2n) is 6.81. The molecule has 1 N–H and O–H groups in total. The SMILES string of the molecule is COc1ccccc1C(NC(=O)Cc1cccc2cccnc12)c1nccn1C. The lowest BCUT2D eigenvalue weighted by Gasteiger charge is -2.21. The number of carbonyl (C=O) groups excluding carboxylic acids is 1. The number of hydrogen-bond acceptors (Lipinski definition) is 4. The summed E-state index contributed by atoms with van der Waals surface area (Å²) in [6.07, 6.45) is 5.55. The molecule has 29 heavy (non-hydrogen) atoms. The van der Waals surface area contributed by atoms with Crippen molar-refractivity contribution in [3.8, 4) is 5.75 Å². The third-order valence-electron chi connectivity index (χ3n) is 4.94. The standard InChI is InChI=1S/C23H22N4O2/c1-27-14-13-25-23(27)22(18-10-3-4-11-19(18)29-2)26-20(28)15-17-8-5-7-16-9-6-12-24-21(16)17/h3-14,22H,15H2,1-2H3,(H,26,28). The number of benzene rings is 2. The minimum Gasteiger partial charge on any atom is -0.496 e. The van der Waals surface area contributed by atoms with Crippen LogP contribution in [0.3, 0.4) is 0 Å². The second kappa shape index (κ2) is 8.14. The van der Waals surface area contributed by atoms with Crippen molar-refractivity contribution >= 4 is 16.8 Å². The Morgan fingerprint density at radius 1 is 1.07 bits per heavy atom. The number of hydrogen-bond donors (Lipinski definition) is 1. The first-order valence-electron chi connectivity index (χ1n) is 9.39. The fourth-order valence-electron chi connectivity index (χ4n) is 3.54. The third kappa shape index (κ3) is 3.82. The van der Waals surface area contributed by atoms with Crippen LogP contribution in [0.1, 0.15) is 23.0 Å². The molecule has 6 nitrogen and oxygen atoms in total. The number of nitrogens with one attached hydrogen (secondary N) is 1. The fraction of sp³-hybridized carbons (Fsp3) is 0.174. The number of carbonyl (C=O) groups is 1. The monoisotopic (exact) mass is 386 g/mol. The van der Waals surface area contributed by atoms with E-state index < -0.39 is 6.04 Å². The third-order valence-corrected chi connectivity index (χ3v) is 4.94. The summed E-state index contributed by atoms with van der Waals surface area (Å²) in [4.78, 5) is 21.9. The van der Waals surface area contributed by atoms with Gasteiger partial charge in [-0.1, -0.05) is 42.5 Å². The number of aromatic nitrogens is 3. The van der Waals surface area contributed by atoms with Crippen LogP contribution in [-0.2, 0) is 18.3 Å². The number of imidazole rings is 1. The molecule has 0 aliphatic rings. The number of pyridine rings is 1. The first-order valence-corrected chi connectivity index (χ1v) is 9.39. The van der Waals surface area contributed by atoms with E-state index in [9.17, 15) is 4.79 Å². The maximum atomic E-state index is 13.0. The highest BCUT2D eigenvalue weighted by atomic mass is 16.5. The van der Waals surface area contributed by atoms with Gasteiger partial charge >= 0.3 is 0 Å². The van der Waals surface area contributed by atoms with Crippen molar-refractivity contribution in [1.82, 2.24) is 19.9 Å². The summed E-state index contributed by atoms with van der Waals surface area (Å²) in [5.74, 6) is 1.33. The number of ether oxygens (including phenoxy) is 1. The molecular formula is C23H22N4O2. The van der Waals surface area contributed by atoms with Gasteiger partial charge in [0.05, 0.1) is 19.0 Å². The van der Waals surface area contributed by atoms with Crippen LogP contribution in [-0.4, -0.2) is 27.6 Å². The average molecular weight is 386 g/mol. The van der Waals surface area contributed by atoms with Gasteiger partial charge in [-0.3, -0.25) is 9.78 Å². The summed E-state index contributed by atoms with van der Waals surface area (Å²) in [7, 11) is 3.53. The van der Waals surface area contributed by atoms with Crippen LogP contribution in [0.4, 0.5) is 0 Å². The van der Waals surface area contributed by atoms with Crippen molar-refractivity contribution < 1.29 is 9.53 Å². The van der Waals surface area contributed by atoms with Gasteiger partial charge in [0.1, 0.15) is 17.6 Å². The normalized spacial score (nSPS) is 11.9. The molecule has 4 rings (SSSR count). The Labute approximate surface area is 169 Å². The maximum Gasteiger partial charge on any atom is 0.225 e.